The second kappa shape index (κ2) is 14.4. The molecule has 56 heavy (non-hydrogen) atoms. The van der Waals surface area contributed by atoms with Gasteiger partial charge in [0, 0.05) is 99.6 Å². The third-order valence-electron chi connectivity index (χ3n) is 12.7. The lowest BCUT2D eigenvalue weighted by atomic mass is 9.91. The van der Waals surface area contributed by atoms with E-state index in [1.54, 1.807) is 18.8 Å². The summed E-state index contributed by atoms with van der Waals surface area (Å²) < 4.78 is 46.7. The van der Waals surface area contributed by atoms with Gasteiger partial charge in [0.1, 0.15) is 28.4 Å². The Labute approximate surface area is 326 Å². The van der Waals surface area contributed by atoms with E-state index in [2.05, 4.69) is 39.6 Å². The van der Waals surface area contributed by atoms with E-state index >= 15 is 8.78 Å². The van der Waals surface area contributed by atoms with Crippen LogP contribution >= 0.6 is 0 Å². The first-order valence-electron chi connectivity index (χ1n) is 19.9. The quantitative estimate of drug-likeness (QED) is 0.124. The van der Waals surface area contributed by atoms with Gasteiger partial charge in [0.2, 0.25) is 0 Å². The number of hydrogen-bond donors (Lipinski definition) is 1. The summed E-state index contributed by atoms with van der Waals surface area (Å²) in [6.07, 6.45) is 13.9. The number of terminal acetylenes is 1. The van der Waals surface area contributed by atoms with Gasteiger partial charge in [-0.05, 0) is 88.3 Å². The van der Waals surface area contributed by atoms with Gasteiger partial charge in [0.15, 0.2) is 5.82 Å². The first-order valence-corrected chi connectivity index (χ1v) is 19.9. The molecule has 2 aromatic heterocycles. The lowest BCUT2D eigenvalue weighted by Crippen LogP contribution is -2.54. The van der Waals surface area contributed by atoms with Crippen LogP contribution in [0.5, 0.6) is 11.8 Å². The van der Waals surface area contributed by atoms with E-state index in [1.165, 1.54) is 24.3 Å². The van der Waals surface area contributed by atoms with E-state index in [0.717, 1.165) is 77.8 Å². The Morgan fingerprint density at radius 3 is 2.50 bits per heavy atom. The van der Waals surface area contributed by atoms with Crippen molar-refractivity contribution in [3.63, 3.8) is 0 Å². The molecule has 1 N–H and O–H groups in total. The molecule has 4 fully saturated rings. The van der Waals surface area contributed by atoms with E-state index in [1.807, 2.05) is 6.20 Å². The van der Waals surface area contributed by atoms with Crippen molar-refractivity contribution in [3.8, 4) is 35.2 Å². The largest absolute Gasteiger partial charge is 0.508 e. The van der Waals surface area contributed by atoms with Crippen molar-refractivity contribution in [1.82, 2.24) is 34.4 Å². The smallest absolute Gasteiger partial charge is 0.319 e. The molecule has 294 valence electrons. The summed E-state index contributed by atoms with van der Waals surface area (Å²) in [5, 5.41) is 17.7. The van der Waals surface area contributed by atoms with Crippen LogP contribution in [0.25, 0.3) is 43.7 Å². The number of likely N-dealkylation sites (N-methyl/N-ethyl adjacent to an activating group) is 1. The van der Waals surface area contributed by atoms with Crippen LogP contribution in [-0.2, 0) is 11.8 Å². The molecule has 2 unspecified atom stereocenters. The predicted molar refractivity (Wildman–Crippen MR) is 214 cm³/mol. The molecule has 9 rings (SSSR count). The predicted octanol–water partition coefficient (Wildman–Crippen LogP) is 5.79. The molecule has 1 aliphatic carbocycles. The van der Waals surface area contributed by atoms with Crippen LogP contribution in [0.4, 0.5) is 14.6 Å². The van der Waals surface area contributed by atoms with Gasteiger partial charge in [-0.3, -0.25) is 9.58 Å². The third-order valence-corrected chi connectivity index (χ3v) is 12.7. The fourth-order valence-electron chi connectivity index (χ4n) is 9.72. The molecule has 1 saturated carbocycles. The van der Waals surface area contributed by atoms with Crippen molar-refractivity contribution in [2.75, 3.05) is 78.6 Å². The molecule has 3 saturated heterocycles. The third kappa shape index (κ3) is 6.50. The number of rotatable bonds is 12. The Kier molecular flexibility index (Phi) is 9.51. The van der Waals surface area contributed by atoms with Gasteiger partial charge in [-0.2, -0.15) is 15.1 Å². The fraction of sp³-hybridized carbons (Fsp3) is 0.512. The van der Waals surface area contributed by atoms with E-state index in [-0.39, 0.29) is 51.5 Å². The first-order chi connectivity index (χ1) is 27.1. The van der Waals surface area contributed by atoms with Crippen LogP contribution < -0.4 is 9.64 Å². The number of likely N-dealkylation sites (tertiary alicyclic amines) is 2. The molecule has 0 radical (unpaired) electrons. The maximum Gasteiger partial charge on any atom is 0.319 e. The number of hydrogen-bond acceptors (Lipinski definition) is 10. The van der Waals surface area contributed by atoms with E-state index in [9.17, 15) is 5.11 Å². The summed E-state index contributed by atoms with van der Waals surface area (Å²) in [5.74, 6) is 1.74. The highest BCUT2D eigenvalue weighted by Crippen LogP contribution is 2.49. The zero-order valence-corrected chi connectivity index (χ0v) is 32.7. The van der Waals surface area contributed by atoms with Gasteiger partial charge >= 0.3 is 6.01 Å². The van der Waals surface area contributed by atoms with Gasteiger partial charge in [0.25, 0.3) is 0 Å². The maximum absolute atomic E-state index is 17.8. The SMILES string of the molecule is C#Cc1c(F)ccc2cc(O)cc(-c3c(F)c4nc(OCC5(CN6CC[C@H](N(C)C)C6)CC5)nc(N5C6CCC5CN(CCCOC)C6)c4c4cn(C)nc34)c12. The number of anilines is 1. The molecule has 4 aliphatic rings. The van der Waals surface area contributed by atoms with Crippen molar-refractivity contribution >= 4 is 38.4 Å². The number of fused-ring (bicyclic) bond motifs is 6. The van der Waals surface area contributed by atoms with Crippen molar-refractivity contribution in [1.29, 1.82) is 0 Å². The standard InChI is InChI=1S/C43H50F2N8O3/c1-6-31-34(44)11-8-26-18-30(54)19-32(35(26)31)36-38(45)40-37(33-23-50(4)48-39(33)36)41(53-28-9-10-29(53)22-51(21-28)15-7-17-55-5)47-42(46-40)56-25-43(13-14-43)24-52-16-12-27(20-52)49(2)3/h1,8,11,18-19,23,27-29,54H,7,9-10,12-17,20-22,24-25H2,2-5H3/t27-,28?,29?/m0/s1. The Bertz CT molecular complexity index is 2360. The van der Waals surface area contributed by atoms with E-state index in [4.69, 9.17) is 31.0 Å². The molecule has 3 atom stereocenters. The number of nitrogens with zero attached hydrogens (tertiary/aromatic N) is 8. The number of methoxy groups -OCH3 is 1. The van der Waals surface area contributed by atoms with Gasteiger partial charge in [0.05, 0.1) is 17.6 Å². The van der Waals surface area contributed by atoms with Crippen molar-refractivity contribution < 1.29 is 23.4 Å². The summed E-state index contributed by atoms with van der Waals surface area (Å²) in [6.45, 7) is 6.87. The summed E-state index contributed by atoms with van der Waals surface area (Å²) in [7, 11) is 7.81. The average Bonchev–Trinajstić information content (AvgIpc) is 3.43. The molecule has 13 heteroatoms. The van der Waals surface area contributed by atoms with Crippen LogP contribution in [0.2, 0.25) is 0 Å². The maximum atomic E-state index is 17.8. The minimum Gasteiger partial charge on any atom is -0.508 e. The number of aromatic nitrogens is 4. The highest BCUT2D eigenvalue weighted by molar-refractivity contribution is 6.18. The molecule has 5 aromatic rings. The molecule has 3 aliphatic heterocycles. The lowest BCUT2D eigenvalue weighted by molar-refractivity contribution is 0.158. The summed E-state index contributed by atoms with van der Waals surface area (Å²) in [5.41, 5.74) is 0.745. The molecular weight excluding hydrogens is 715 g/mol. The van der Waals surface area contributed by atoms with Gasteiger partial charge in [-0.1, -0.05) is 12.0 Å². The van der Waals surface area contributed by atoms with Crippen molar-refractivity contribution in [2.24, 2.45) is 12.5 Å². The van der Waals surface area contributed by atoms with Crippen LogP contribution in [0.3, 0.4) is 0 Å². The number of ether oxygens (including phenoxy) is 2. The summed E-state index contributed by atoms with van der Waals surface area (Å²) >= 11 is 0. The molecule has 11 nitrogen and oxygen atoms in total. The molecule has 5 heterocycles. The van der Waals surface area contributed by atoms with Crippen LogP contribution in [0.1, 0.15) is 44.1 Å². The van der Waals surface area contributed by atoms with Crippen LogP contribution in [0, 0.1) is 29.4 Å². The number of aromatic hydroxyl groups is 1. The van der Waals surface area contributed by atoms with Gasteiger partial charge in [-0.15, -0.1) is 6.42 Å². The number of phenols is 1. The minimum atomic E-state index is -0.655. The number of phenolic OH excluding ortho intramolecular Hbond substituents is 1. The molecule has 2 bridgehead atoms. The normalized spacial score (nSPS) is 22.2. The number of benzene rings is 3. The van der Waals surface area contributed by atoms with Crippen LogP contribution in [-0.4, -0.2) is 131 Å². The minimum absolute atomic E-state index is 0.000270. The summed E-state index contributed by atoms with van der Waals surface area (Å²) in [4.78, 5) is 19.8. The first kappa shape index (κ1) is 37.0. The van der Waals surface area contributed by atoms with Crippen molar-refractivity contribution in [2.45, 2.75) is 56.7 Å². The van der Waals surface area contributed by atoms with Crippen LogP contribution in [0.15, 0.2) is 30.5 Å². The Morgan fingerprint density at radius 1 is 1.02 bits per heavy atom. The van der Waals surface area contributed by atoms with Gasteiger partial charge in [-0.25, -0.2) is 8.78 Å². The van der Waals surface area contributed by atoms with E-state index in [0.29, 0.717) is 52.1 Å². The fourth-order valence-corrected chi connectivity index (χ4v) is 9.72. The Hall–Kier alpha value is -4.61. The zero-order chi connectivity index (χ0) is 38.9. The second-order valence-corrected chi connectivity index (χ2v) is 16.8. The number of aryl methyl sites for hydroxylation is 1. The highest BCUT2D eigenvalue weighted by atomic mass is 19.1. The highest BCUT2D eigenvalue weighted by Gasteiger charge is 2.47. The van der Waals surface area contributed by atoms with Crippen molar-refractivity contribution in [3.05, 3.63) is 47.7 Å². The zero-order valence-electron chi connectivity index (χ0n) is 32.7. The van der Waals surface area contributed by atoms with Gasteiger partial charge < -0.3 is 29.3 Å². The molecular formula is C43H50F2N8O3. The number of piperazine rings is 1. The van der Waals surface area contributed by atoms with E-state index < -0.39 is 11.6 Å². The Morgan fingerprint density at radius 2 is 1.80 bits per heavy atom. The molecule has 0 spiro atoms. The lowest BCUT2D eigenvalue weighted by Gasteiger charge is -2.42. The topological polar surface area (TPSA) is 95.3 Å². The monoisotopic (exact) mass is 764 g/mol. The molecule has 0 amide bonds. The average molecular weight is 765 g/mol. The molecule has 3 aromatic carbocycles. The summed E-state index contributed by atoms with van der Waals surface area (Å²) in [6, 6.07) is 6.76. The number of halogens is 2. The Balaban J connectivity index is 1.19. The second-order valence-electron chi connectivity index (χ2n) is 16.8.